The summed E-state index contributed by atoms with van der Waals surface area (Å²) in [6.07, 6.45) is 10.9. The Morgan fingerprint density at radius 1 is 0.700 bits per heavy atom. The van der Waals surface area contributed by atoms with Gasteiger partial charge in [0.2, 0.25) is 0 Å². The normalized spacial score (nSPS) is 9.10. The fourth-order valence-corrected chi connectivity index (χ4v) is 2.01. The number of aryl methyl sites for hydroxylation is 2. The molecule has 0 amide bonds. The van der Waals surface area contributed by atoms with Crippen molar-refractivity contribution in [2.24, 2.45) is 0 Å². The fraction of sp³-hybridized carbons (Fsp3) is 0.700. The second-order valence-corrected chi connectivity index (χ2v) is 5.09. The van der Waals surface area contributed by atoms with Crippen molar-refractivity contribution in [2.45, 2.75) is 92.9 Å². The first-order valence-electron chi connectivity index (χ1n) is 8.80. The number of benzene rings is 1. The third-order valence-corrected chi connectivity index (χ3v) is 3.24. The van der Waals surface area contributed by atoms with Gasteiger partial charge in [0, 0.05) is 0 Å². The Labute approximate surface area is 129 Å². The monoisotopic (exact) mass is 278 g/mol. The van der Waals surface area contributed by atoms with E-state index in [9.17, 15) is 0 Å². The fourth-order valence-electron chi connectivity index (χ4n) is 2.01. The lowest BCUT2D eigenvalue weighted by Crippen LogP contribution is -1.85. The van der Waals surface area contributed by atoms with E-state index in [0.29, 0.717) is 0 Å². The number of rotatable bonds is 7. The van der Waals surface area contributed by atoms with Gasteiger partial charge >= 0.3 is 0 Å². The van der Waals surface area contributed by atoms with Crippen molar-refractivity contribution in [1.29, 1.82) is 0 Å². The lowest BCUT2D eigenvalue weighted by Gasteiger charge is -2.01. The summed E-state index contributed by atoms with van der Waals surface area (Å²) in [4.78, 5) is 0. The quantitative estimate of drug-likeness (QED) is 0.458. The molecule has 0 saturated carbocycles. The van der Waals surface area contributed by atoms with Crippen LogP contribution in [0.4, 0.5) is 0 Å². The van der Waals surface area contributed by atoms with Crippen LogP contribution in [0.25, 0.3) is 0 Å². The van der Waals surface area contributed by atoms with Crippen LogP contribution in [0, 0.1) is 6.92 Å². The largest absolute Gasteiger partial charge is 0.0683 e. The molecule has 20 heavy (non-hydrogen) atoms. The van der Waals surface area contributed by atoms with Gasteiger partial charge in [0.15, 0.2) is 0 Å². The minimum atomic E-state index is 1.21. The van der Waals surface area contributed by atoms with Crippen molar-refractivity contribution >= 4 is 0 Å². The predicted octanol–water partition coefficient (Wildman–Crippen LogP) is 7.34. The first kappa shape index (κ1) is 21.5. The van der Waals surface area contributed by atoms with Crippen molar-refractivity contribution in [3.63, 3.8) is 0 Å². The molecule has 0 unspecified atom stereocenters. The number of unbranched alkanes of at least 4 members (excludes halogenated alkanes) is 5. The predicted molar refractivity (Wildman–Crippen MR) is 95.6 cm³/mol. The van der Waals surface area contributed by atoms with Crippen LogP contribution in [0.2, 0.25) is 0 Å². The number of hydrogen-bond acceptors (Lipinski definition) is 0. The minimum absolute atomic E-state index is 1.21. The Hall–Kier alpha value is -0.780. The standard InChI is InChI=1S/C10H14.C8H18.C2H6/c1-3-6-10-8-5-4-7-9(10)2;1-3-5-7-8-6-4-2;1-2/h4-5,7-8H,3,6H2,1-2H3;3-8H2,1-2H3;1-2H3. The third kappa shape index (κ3) is 13.6. The van der Waals surface area contributed by atoms with Crippen LogP contribution in [0.1, 0.15) is 90.7 Å². The highest BCUT2D eigenvalue weighted by Gasteiger charge is 1.92. The van der Waals surface area contributed by atoms with Gasteiger partial charge in [-0.3, -0.25) is 0 Å². The lowest BCUT2D eigenvalue weighted by atomic mass is 10.1. The van der Waals surface area contributed by atoms with E-state index in [4.69, 9.17) is 0 Å². The molecule has 0 aliphatic carbocycles. The zero-order chi connectivity index (χ0) is 15.6. The Morgan fingerprint density at radius 2 is 1.20 bits per heavy atom. The molecule has 1 aromatic rings. The first-order chi connectivity index (χ1) is 9.76. The maximum Gasteiger partial charge on any atom is -0.0279 e. The molecule has 0 aliphatic heterocycles. The van der Waals surface area contributed by atoms with Gasteiger partial charge in [-0.2, -0.15) is 0 Å². The lowest BCUT2D eigenvalue weighted by molar-refractivity contribution is 0.624. The smallest absolute Gasteiger partial charge is 0.0279 e. The number of hydrogen-bond donors (Lipinski definition) is 0. The average Bonchev–Trinajstić information content (AvgIpc) is 2.49. The van der Waals surface area contributed by atoms with Gasteiger partial charge in [-0.05, 0) is 24.5 Å². The highest BCUT2D eigenvalue weighted by atomic mass is 14.0. The zero-order valence-electron chi connectivity index (χ0n) is 15.0. The molecule has 0 saturated heterocycles. The van der Waals surface area contributed by atoms with Crippen molar-refractivity contribution in [3.05, 3.63) is 35.4 Å². The van der Waals surface area contributed by atoms with Crippen molar-refractivity contribution in [2.75, 3.05) is 0 Å². The molecule has 0 nitrogen and oxygen atoms in total. The first-order valence-corrected chi connectivity index (χ1v) is 8.80. The van der Waals surface area contributed by atoms with Gasteiger partial charge in [-0.25, -0.2) is 0 Å². The van der Waals surface area contributed by atoms with Crippen LogP contribution in [0.3, 0.4) is 0 Å². The summed E-state index contributed by atoms with van der Waals surface area (Å²) < 4.78 is 0. The zero-order valence-corrected chi connectivity index (χ0v) is 15.0. The van der Waals surface area contributed by atoms with E-state index in [1.807, 2.05) is 13.8 Å². The molecule has 0 aromatic heterocycles. The molecular weight excluding hydrogens is 240 g/mol. The molecule has 0 bridgehead atoms. The van der Waals surface area contributed by atoms with Gasteiger partial charge in [0.05, 0.1) is 0 Å². The molecular formula is C20H38. The molecule has 0 radical (unpaired) electrons. The van der Waals surface area contributed by atoms with Crippen LogP contribution in [-0.2, 0) is 6.42 Å². The maximum atomic E-state index is 2.26. The Bertz CT molecular complexity index is 269. The highest BCUT2D eigenvalue weighted by Crippen LogP contribution is 2.08. The van der Waals surface area contributed by atoms with E-state index in [0.717, 1.165) is 0 Å². The van der Waals surface area contributed by atoms with E-state index >= 15 is 0 Å². The molecule has 0 fully saturated rings. The van der Waals surface area contributed by atoms with Gasteiger partial charge in [0.1, 0.15) is 0 Å². The second-order valence-electron chi connectivity index (χ2n) is 5.09. The Balaban J connectivity index is 0. The summed E-state index contributed by atoms with van der Waals surface area (Å²) in [6.45, 7) is 12.9. The summed E-state index contributed by atoms with van der Waals surface area (Å²) in [5.74, 6) is 0. The van der Waals surface area contributed by atoms with E-state index in [2.05, 4.69) is 52.0 Å². The molecule has 0 heterocycles. The van der Waals surface area contributed by atoms with Crippen molar-refractivity contribution < 1.29 is 0 Å². The maximum absolute atomic E-state index is 2.26. The topological polar surface area (TPSA) is 0 Å². The molecule has 0 spiro atoms. The second kappa shape index (κ2) is 18.2. The van der Waals surface area contributed by atoms with Gasteiger partial charge < -0.3 is 0 Å². The average molecular weight is 279 g/mol. The summed E-state index contributed by atoms with van der Waals surface area (Å²) in [5.41, 5.74) is 2.91. The van der Waals surface area contributed by atoms with Crippen LogP contribution in [-0.4, -0.2) is 0 Å². The Morgan fingerprint density at radius 3 is 1.60 bits per heavy atom. The van der Waals surface area contributed by atoms with E-state index in [1.165, 1.54) is 62.5 Å². The van der Waals surface area contributed by atoms with Crippen LogP contribution in [0.15, 0.2) is 24.3 Å². The summed E-state index contributed by atoms with van der Waals surface area (Å²) in [7, 11) is 0. The van der Waals surface area contributed by atoms with Crippen LogP contribution >= 0.6 is 0 Å². The van der Waals surface area contributed by atoms with E-state index in [1.54, 1.807) is 0 Å². The molecule has 118 valence electrons. The highest BCUT2D eigenvalue weighted by molar-refractivity contribution is 5.25. The molecule has 1 rings (SSSR count). The third-order valence-electron chi connectivity index (χ3n) is 3.24. The molecule has 0 N–H and O–H groups in total. The van der Waals surface area contributed by atoms with Gasteiger partial charge in [-0.15, -0.1) is 0 Å². The molecule has 0 aliphatic rings. The minimum Gasteiger partial charge on any atom is -0.0683 e. The molecule has 1 aromatic carbocycles. The summed E-state index contributed by atoms with van der Waals surface area (Å²) in [5, 5.41) is 0. The van der Waals surface area contributed by atoms with E-state index < -0.39 is 0 Å². The van der Waals surface area contributed by atoms with Crippen molar-refractivity contribution in [3.8, 4) is 0 Å². The van der Waals surface area contributed by atoms with Gasteiger partial charge in [-0.1, -0.05) is 104 Å². The van der Waals surface area contributed by atoms with E-state index in [-0.39, 0.29) is 0 Å². The van der Waals surface area contributed by atoms with Crippen LogP contribution < -0.4 is 0 Å². The molecule has 0 atom stereocenters. The molecule has 0 heteroatoms. The SMILES string of the molecule is CC.CCCCCCCC.CCCc1ccccc1C. The van der Waals surface area contributed by atoms with Crippen molar-refractivity contribution in [1.82, 2.24) is 0 Å². The summed E-state index contributed by atoms with van der Waals surface area (Å²) >= 11 is 0. The van der Waals surface area contributed by atoms with Crippen LogP contribution in [0.5, 0.6) is 0 Å². The Kier molecular flexibility index (Phi) is 19.6. The van der Waals surface area contributed by atoms with Gasteiger partial charge in [0.25, 0.3) is 0 Å². The summed E-state index contributed by atoms with van der Waals surface area (Å²) in [6, 6.07) is 8.58.